The summed E-state index contributed by atoms with van der Waals surface area (Å²) >= 11 is 13.5. The topological polar surface area (TPSA) is 66.5 Å². The molecule has 0 heterocycles. The molecule has 5 nitrogen and oxygen atoms in total. The molecule has 1 N–H and O–H groups in total. The molecular weight excluding hydrogens is 482 g/mol. The largest absolute Gasteiger partial charge is 0.355 e. The van der Waals surface area contributed by atoms with E-state index in [4.69, 9.17) is 23.2 Å². The number of amides is 1. The molecule has 2 aromatic carbocycles. The van der Waals surface area contributed by atoms with Gasteiger partial charge in [0.2, 0.25) is 15.9 Å². The van der Waals surface area contributed by atoms with E-state index >= 15 is 0 Å². The van der Waals surface area contributed by atoms with Crippen LogP contribution < -0.4 is 9.62 Å². The van der Waals surface area contributed by atoms with Crippen molar-refractivity contribution in [1.82, 2.24) is 5.32 Å². The molecule has 0 unspecified atom stereocenters. The second-order valence-electron chi connectivity index (χ2n) is 6.97. The van der Waals surface area contributed by atoms with Crippen molar-refractivity contribution in [3.63, 3.8) is 0 Å². The van der Waals surface area contributed by atoms with Crippen LogP contribution in [0.2, 0.25) is 10.0 Å². The minimum Gasteiger partial charge on any atom is -0.355 e. The first kappa shape index (κ1) is 25.8. The van der Waals surface area contributed by atoms with Crippen LogP contribution in [0.5, 0.6) is 0 Å². The molecule has 0 aliphatic heterocycles. The molecule has 1 amide bonds. The average Bonchev–Trinajstić information content (AvgIpc) is 2.68. The first-order valence-corrected chi connectivity index (χ1v) is 13.4. The summed E-state index contributed by atoms with van der Waals surface area (Å²) < 4.78 is 39.4. The monoisotopic (exact) mass is 506 g/mol. The van der Waals surface area contributed by atoms with E-state index in [9.17, 15) is 17.6 Å². The van der Waals surface area contributed by atoms with Gasteiger partial charge in [-0.15, -0.1) is 0 Å². The summed E-state index contributed by atoms with van der Waals surface area (Å²) in [5.74, 6) is 0.521. The number of rotatable bonds is 11. The van der Waals surface area contributed by atoms with E-state index in [0.29, 0.717) is 45.8 Å². The van der Waals surface area contributed by atoms with Crippen molar-refractivity contribution >= 4 is 56.6 Å². The van der Waals surface area contributed by atoms with Gasteiger partial charge in [-0.05, 0) is 43.2 Å². The van der Waals surface area contributed by atoms with E-state index in [2.05, 4.69) is 5.32 Å². The van der Waals surface area contributed by atoms with Gasteiger partial charge in [-0.2, -0.15) is 11.8 Å². The number of nitrogens with zero attached hydrogens (tertiary/aromatic N) is 1. The first-order valence-electron chi connectivity index (χ1n) is 9.61. The SMILES string of the molecule is Cc1ccc(Cl)cc1N(CCCC(=O)NCCSCc1c(F)cccc1Cl)S(C)(=O)=O. The number of hydrogen-bond donors (Lipinski definition) is 1. The van der Waals surface area contributed by atoms with Crippen molar-refractivity contribution in [3.8, 4) is 0 Å². The zero-order chi connectivity index (χ0) is 23.0. The molecule has 0 aliphatic rings. The second-order valence-corrected chi connectivity index (χ2v) is 10.8. The maximum atomic E-state index is 13.7. The third kappa shape index (κ3) is 8.18. The van der Waals surface area contributed by atoms with Crippen LogP contribution in [0.4, 0.5) is 10.1 Å². The Balaban J connectivity index is 1.76. The maximum Gasteiger partial charge on any atom is 0.232 e. The van der Waals surface area contributed by atoms with Crippen LogP contribution in [0.25, 0.3) is 0 Å². The smallest absolute Gasteiger partial charge is 0.232 e. The highest BCUT2D eigenvalue weighted by Gasteiger charge is 2.19. The van der Waals surface area contributed by atoms with Crippen LogP contribution in [0.3, 0.4) is 0 Å². The molecular formula is C21H25Cl2FN2O3S2. The van der Waals surface area contributed by atoms with Crippen LogP contribution in [0.1, 0.15) is 24.0 Å². The minimum atomic E-state index is -3.51. The molecule has 2 aromatic rings. The predicted octanol–water partition coefficient (Wildman–Crippen LogP) is 5.04. The first-order chi connectivity index (χ1) is 14.6. The summed E-state index contributed by atoms with van der Waals surface area (Å²) in [4.78, 5) is 12.1. The maximum absolute atomic E-state index is 13.7. The fourth-order valence-corrected chi connectivity index (χ4v) is 5.27. The lowest BCUT2D eigenvalue weighted by atomic mass is 10.2. The number of carbonyl (C=O) groups excluding carboxylic acids is 1. The van der Waals surface area contributed by atoms with E-state index in [1.165, 1.54) is 22.1 Å². The summed E-state index contributed by atoms with van der Waals surface area (Å²) in [7, 11) is -3.51. The van der Waals surface area contributed by atoms with E-state index in [1.54, 1.807) is 30.3 Å². The zero-order valence-electron chi connectivity index (χ0n) is 17.3. The quantitative estimate of drug-likeness (QED) is 0.433. The van der Waals surface area contributed by atoms with Gasteiger partial charge in [0.15, 0.2) is 0 Å². The van der Waals surface area contributed by atoms with Gasteiger partial charge in [-0.25, -0.2) is 12.8 Å². The lowest BCUT2D eigenvalue weighted by Gasteiger charge is -2.24. The van der Waals surface area contributed by atoms with Gasteiger partial charge < -0.3 is 5.32 Å². The lowest BCUT2D eigenvalue weighted by molar-refractivity contribution is -0.121. The number of aryl methyl sites for hydroxylation is 1. The summed E-state index contributed by atoms with van der Waals surface area (Å²) in [5.41, 5.74) is 1.75. The Labute approximate surface area is 197 Å². The average molecular weight is 507 g/mol. The standard InChI is InChI=1S/C21H25Cl2FN2O3S2/c1-15-8-9-16(22)13-20(15)26(31(2,28)29)11-4-7-21(27)25-10-12-30-14-17-18(23)5-3-6-19(17)24/h3,5-6,8-9,13H,4,7,10-12,14H2,1-2H3,(H,25,27). The predicted molar refractivity (Wildman–Crippen MR) is 128 cm³/mol. The van der Waals surface area contributed by atoms with Gasteiger partial charge >= 0.3 is 0 Å². The lowest BCUT2D eigenvalue weighted by Crippen LogP contribution is -2.33. The molecule has 0 saturated carbocycles. The van der Waals surface area contributed by atoms with Crippen molar-refractivity contribution in [3.05, 3.63) is 63.4 Å². The summed E-state index contributed by atoms with van der Waals surface area (Å²) in [5, 5.41) is 3.63. The molecule has 0 bridgehead atoms. The fourth-order valence-electron chi connectivity index (χ4n) is 2.89. The van der Waals surface area contributed by atoms with Gasteiger partial charge in [-0.1, -0.05) is 35.3 Å². The van der Waals surface area contributed by atoms with E-state index in [0.717, 1.165) is 11.8 Å². The summed E-state index contributed by atoms with van der Waals surface area (Å²) in [6.45, 7) is 2.41. The number of anilines is 1. The van der Waals surface area contributed by atoms with Crippen LogP contribution in [0.15, 0.2) is 36.4 Å². The molecule has 0 radical (unpaired) electrons. The molecule has 10 heteroatoms. The van der Waals surface area contributed by atoms with Crippen LogP contribution in [-0.4, -0.2) is 39.4 Å². The van der Waals surface area contributed by atoms with Crippen molar-refractivity contribution in [1.29, 1.82) is 0 Å². The van der Waals surface area contributed by atoms with Gasteiger partial charge in [0.05, 0.1) is 11.9 Å². The van der Waals surface area contributed by atoms with Gasteiger partial charge in [0.25, 0.3) is 0 Å². The van der Waals surface area contributed by atoms with Crippen molar-refractivity contribution in [2.24, 2.45) is 0 Å². The van der Waals surface area contributed by atoms with Crippen molar-refractivity contribution in [2.45, 2.75) is 25.5 Å². The van der Waals surface area contributed by atoms with E-state index in [1.807, 2.05) is 6.92 Å². The highest BCUT2D eigenvalue weighted by molar-refractivity contribution is 7.98. The zero-order valence-corrected chi connectivity index (χ0v) is 20.5. The number of hydrogen-bond acceptors (Lipinski definition) is 4. The summed E-state index contributed by atoms with van der Waals surface area (Å²) in [6, 6.07) is 9.64. The number of carbonyl (C=O) groups is 1. The fraction of sp³-hybridized carbons (Fsp3) is 0.381. The summed E-state index contributed by atoms with van der Waals surface area (Å²) in [6.07, 6.45) is 1.69. The highest BCUT2D eigenvalue weighted by atomic mass is 35.5. The Morgan fingerprint density at radius 1 is 1.23 bits per heavy atom. The Morgan fingerprint density at radius 3 is 2.65 bits per heavy atom. The van der Waals surface area contributed by atoms with Gasteiger partial charge in [0, 0.05) is 46.6 Å². The molecule has 31 heavy (non-hydrogen) atoms. The third-order valence-corrected chi connectivity index (χ3v) is 7.24. The van der Waals surface area contributed by atoms with Crippen LogP contribution in [0, 0.1) is 12.7 Å². The molecule has 0 atom stereocenters. The van der Waals surface area contributed by atoms with Crippen LogP contribution in [-0.2, 0) is 20.6 Å². The molecule has 0 saturated heterocycles. The second kappa shape index (κ2) is 11.9. The van der Waals surface area contributed by atoms with Crippen LogP contribution >= 0.6 is 35.0 Å². The number of sulfonamides is 1. The molecule has 0 fully saturated rings. The Kier molecular flexibility index (Phi) is 9.93. The minimum absolute atomic E-state index is 0.166. The van der Waals surface area contributed by atoms with E-state index < -0.39 is 10.0 Å². The molecule has 0 aromatic heterocycles. The van der Waals surface area contributed by atoms with Gasteiger partial charge in [-0.3, -0.25) is 9.10 Å². The number of nitrogens with one attached hydrogen (secondary N) is 1. The molecule has 0 spiro atoms. The Morgan fingerprint density at radius 2 is 1.97 bits per heavy atom. The number of thioether (sulfide) groups is 1. The highest BCUT2D eigenvalue weighted by Crippen LogP contribution is 2.27. The Hall–Kier alpha value is -1.48. The third-order valence-electron chi connectivity index (χ3n) is 4.48. The molecule has 0 aliphatic carbocycles. The van der Waals surface area contributed by atoms with Gasteiger partial charge in [0.1, 0.15) is 5.82 Å². The number of halogens is 3. The number of benzene rings is 2. The molecule has 2 rings (SSSR count). The normalized spacial score (nSPS) is 11.4. The molecule has 170 valence electrons. The van der Waals surface area contributed by atoms with E-state index in [-0.39, 0.29) is 24.7 Å². The van der Waals surface area contributed by atoms with Crippen molar-refractivity contribution in [2.75, 3.05) is 29.4 Å². The Bertz CT molecular complexity index is 999. The van der Waals surface area contributed by atoms with Crippen molar-refractivity contribution < 1.29 is 17.6 Å².